The zero-order valence-corrected chi connectivity index (χ0v) is 15.0. The van der Waals surface area contributed by atoms with Gasteiger partial charge in [-0.1, -0.05) is 29.5 Å². The molecule has 3 aromatic rings. The number of nitrogens with zero attached hydrogens (tertiary/aromatic N) is 3. The molecule has 0 spiro atoms. The van der Waals surface area contributed by atoms with Crippen LogP contribution in [0.15, 0.2) is 58.4 Å². The minimum atomic E-state index is -0.429. The summed E-state index contributed by atoms with van der Waals surface area (Å²) in [5, 5.41) is 10.9. The number of rotatable bonds is 5. The maximum atomic E-state index is 12.1. The van der Waals surface area contributed by atoms with E-state index in [1.165, 1.54) is 23.5 Å². The number of carbonyl (C=O) groups excluding carboxylic acids is 1. The molecule has 0 aliphatic heterocycles. The lowest BCUT2D eigenvalue weighted by molar-refractivity contribution is -0.384. The number of nitro benzene ring substituents is 1. The van der Waals surface area contributed by atoms with E-state index in [-0.39, 0.29) is 11.6 Å². The van der Waals surface area contributed by atoms with Crippen molar-refractivity contribution in [2.24, 2.45) is 12.0 Å². The van der Waals surface area contributed by atoms with Crippen molar-refractivity contribution in [3.05, 3.63) is 63.4 Å². The topological polar surface area (TPSA) is 77.5 Å². The van der Waals surface area contributed by atoms with Crippen LogP contribution in [0, 0.1) is 10.1 Å². The molecule has 0 aliphatic rings. The Hall–Kier alpha value is -2.45. The number of thioether (sulfide) groups is 1. The average Bonchev–Trinajstić information content (AvgIpc) is 2.91. The van der Waals surface area contributed by atoms with Crippen LogP contribution >= 0.6 is 23.1 Å². The number of hydrogen-bond acceptors (Lipinski definition) is 5. The minimum absolute atomic E-state index is 0.0338. The third-order valence-corrected chi connectivity index (χ3v) is 5.66. The van der Waals surface area contributed by atoms with E-state index in [2.05, 4.69) is 4.99 Å². The molecular weight excluding hydrogens is 358 g/mol. The van der Waals surface area contributed by atoms with E-state index in [0.717, 1.165) is 15.1 Å². The first-order chi connectivity index (χ1) is 12.0. The van der Waals surface area contributed by atoms with E-state index in [4.69, 9.17) is 0 Å². The van der Waals surface area contributed by atoms with Crippen molar-refractivity contribution in [2.75, 3.05) is 5.75 Å². The molecule has 128 valence electrons. The molecule has 1 aromatic heterocycles. The van der Waals surface area contributed by atoms with Crippen LogP contribution in [0.5, 0.6) is 0 Å². The van der Waals surface area contributed by atoms with Gasteiger partial charge in [-0.25, -0.2) is 0 Å². The number of fused-ring (bicyclic) bond motifs is 1. The second-order valence-electron chi connectivity index (χ2n) is 5.27. The van der Waals surface area contributed by atoms with E-state index in [1.54, 1.807) is 29.4 Å². The first kappa shape index (κ1) is 17.4. The van der Waals surface area contributed by atoms with Crippen LogP contribution in [0.1, 0.15) is 6.42 Å². The molecule has 8 heteroatoms. The van der Waals surface area contributed by atoms with Gasteiger partial charge in [-0.2, -0.15) is 4.99 Å². The third-order valence-electron chi connectivity index (χ3n) is 3.55. The van der Waals surface area contributed by atoms with Gasteiger partial charge in [0, 0.05) is 36.2 Å². The molecule has 0 aliphatic carbocycles. The number of benzene rings is 2. The largest absolute Gasteiger partial charge is 0.319 e. The Labute approximate surface area is 152 Å². The van der Waals surface area contributed by atoms with Crippen molar-refractivity contribution in [3.8, 4) is 0 Å². The molecule has 1 heterocycles. The first-order valence-corrected chi connectivity index (χ1v) is 9.34. The van der Waals surface area contributed by atoms with Crippen molar-refractivity contribution < 1.29 is 9.72 Å². The number of aryl methyl sites for hydroxylation is 1. The number of hydrogen-bond donors (Lipinski definition) is 0. The number of non-ortho nitro benzene ring substituents is 1. The summed E-state index contributed by atoms with van der Waals surface area (Å²) in [5.74, 6) is 0.465. The maximum absolute atomic E-state index is 12.1. The minimum Gasteiger partial charge on any atom is -0.319 e. The van der Waals surface area contributed by atoms with Gasteiger partial charge in [0.25, 0.3) is 5.69 Å². The number of amides is 1. The predicted molar refractivity (Wildman–Crippen MR) is 99.8 cm³/mol. The monoisotopic (exact) mass is 373 g/mol. The Kier molecular flexibility index (Phi) is 5.30. The highest BCUT2D eigenvalue weighted by molar-refractivity contribution is 7.99. The molecule has 0 N–H and O–H groups in total. The maximum Gasteiger partial charge on any atom is 0.270 e. The van der Waals surface area contributed by atoms with Crippen LogP contribution in [-0.4, -0.2) is 21.2 Å². The molecular formula is C17H15N3O3S2. The molecule has 1 amide bonds. The van der Waals surface area contributed by atoms with Crippen LogP contribution in [0.4, 0.5) is 5.69 Å². The van der Waals surface area contributed by atoms with Gasteiger partial charge >= 0.3 is 0 Å². The van der Waals surface area contributed by atoms with Crippen LogP contribution in [0.25, 0.3) is 10.2 Å². The molecule has 2 aromatic carbocycles. The SMILES string of the molecule is Cn1c(=NC(=O)CCSc2ccccc2)sc2cc([N+](=O)[O-])ccc21. The highest BCUT2D eigenvalue weighted by atomic mass is 32.2. The Bertz CT molecular complexity index is 993. The Morgan fingerprint density at radius 1 is 1.28 bits per heavy atom. The molecule has 0 atom stereocenters. The summed E-state index contributed by atoms with van der Waals surface area (Å²) in [6, 6.07) is 14.5. The van der Waals surface area contributed by atoms with Crippen molar-refractivity contribution in [3.63, 3.8) is 0 Å². The highest BCUT2D eigenvalue weighted by Crippen LogP contribution is 2.22. The summed E-state index contributed by atoms with van der Waals surface area (Å²) in [6.45, 7) is 0. The standard InChI is InChI=1S/C17H15N3O3S2/c1-19-14-8-7-12(20(22)23)11-15(14)25-17(19)18-16(21)9-10-24-13-5-3-2-4-6-13/h2-8,11H,9-10H2,1H3. The fraction of sp³-hybridized carbons (Fsp3) is 0.176. The molecule has 0 unspecified atom stereocenters. The van der Waals surface area contributed by atoms with E-state index in [0.29, 0.717) is 17.0 Å². The van der Waals surface area contributed by atoms with E-state index in [9.17, 15) is 14.9 Å². The molecule has 25 heavy (non-hydrogen) atoms. The van der Waals surface area contributed by atoms with Crippen molar-refractivity contribution in [1.29, 1.82) is 0 Å². The van der Waals surface area contributed by atoms with Crippen LogP contribution in [-0.2, 0) is 11.8 Å². The lowest BCUT2D eigenvalue weighted by Gasteiger charge is -1.98. The van der Waals surface area contributed by atoms with Gasteiger partial charge in [-0.3, -0.25) is 14.9 Å². The van der Waals surface area contributed by atoms with Crippen molar-refractivity contribution in [2.45, 2.75) is 11.3 Å². The van der Waals surface area contributed by atoms with Gasteiger partial charge in [0.2, 0.25) is 5.91 Å². The van der Waals surface area contributed by atoms with E-state index in [1.807, 2.05) is 30.3 Å². The second kappa shape index (κ2) is 7.62. The van der Waals surface area contributed by atoms with Gasteiger partial charge in [0.1, 0.15) is 0 Å². The van der Waals surface area contributed by atoms with E-state index < -0.39 is 4.92 Å². The zero-order valence-electron chi connectivity index (χ0n) is 13.4. The van der Waals surface area contributed by atoms with E-state index >= 15 is 0 Å². The Balaban J connectivity index is 1.74. The van der Waals surface area contributed by atoms with Gasteiger partial charge in [0.15, 0.2) is 4.80 Å². The molecule has 0 saturated heterocycles. The third kappa shape index (κ3) is 4.15. The molecule has 0 saturated carbocycles. The summed E-state index contributed by atoms with van der Waals surface area (Å²) < 4.78 is 2.52. The van der Waals surface area contributed by atoms with Gasteiger partial charge < -0.3 is 4.57 Å². The first-order valence-electron chi connectivity index (χ1n) is 7.54. The molecule has 0 fully saturated rings. The second-order valence-corrected chi connectivity index (χ2v) is 7.45. The fourth-order valence-corrected chi connectivity index (χ4v) is 4.21. The summed E-state index contributed by atoms with van der Waals surface area (Å²) >= 11 is 2.89. The highest BCUT2D eigenvalue weighted by Gasteiger charge is 2.10. The quantitative estimate of drug-likeness (QED) is 0.388. The number of aromatic nitrogens is 1. The van der Waals surface area contributed by atoms with Crippen LogP contribution in [0.3, 0.4) is 0 Å². The lowest BCUT2D eigenvalue weighted by Crippen LogP contribution is -2.13. The molecule has 6 nitrogen and oxygen atoms in total. The van der Waals surface area contributed by atoms with Crippen molar-refractivity contribution >= 4 is 44.9 Å². The van der Waals surface area contributed by atoms with Crippen molar-refractivity contribution in [1.82, 2.24) is 4.57 Å². The summed E-state index contributed by atoms with van der Waals surface area (Å²) in [4.78, 5) is 28.4. The summed E-state index contributed by atoms with van der Waals surface area (Å²) in [5.41, 5.74) is 0.854. The summed E-state index contributed by atoms with van der Waals surface area (Å²) in [6.07, 6.45) is 0.341. The molecule has 3 rings (SSSR count). The van der Waals surface area contributed by atoms with Gasteiger partial charge in [-0.15, -0.1) is 11.8 Å². The molecule has 0 bridgehead atoms. The predicted octanol–water partition coefficient (Wildman–Crippen LogP) is 3.76. The zero-order chi connectivity index (χ0) is 17.8. The Morgan fingerprint density at radius 2 is 2.04 bits per heavy atom. The fourth-order valence-electron chi connectivity index (χ4n) is 2.28. The van der Waals surface area contributed by atoms with Gasteiger partial charge in [-0.05, 0) is 18.2 Å². The number of carbonyl (C=O) groups is 1. The summed E-state index contributed by atoms with van der Waals surface area (Å²) in [7, 11) is 1.80. The Morgan fingerprint density at radius 3 is 2.76 bits per heavy atom. The van der Waals surface area contributed by atoms with Crippen LogP contribution in [0.2, 0.25) is 0 Å². The average molecular weight is 373 g/mol. The lowest BCUT2D eigenvalue weighted by atomic mass is 10.3. The number of nitro groups is 1. The number of thiazole rings is 1. The molecule has 0 radical (unpaired) electrons. The normalized spacial score (nSPS) is 11.8. The van der Waals surface area contributed by atoms with Gasteiger partial charge in [0.05, 0.1) is 15.1 Å². The van der Waals surface area contributed by atoms with Crippen LogP contribution < -0.4 is 4.80 Å². The smallest absolute Gasteiger partial charge is 0.270 e.